The number of esters is 2. The van der Waals surface area contributed by atoms with Crippen LogP contribution >= 0.6 is 0 Å². The van der Waals surface area contributed by atoms with E-state index in [9.17, 15) is 9.59 Å². The SMILES string of the molecule is CC/C=C\C/C=C\C/C=C\C/C=C\C/C=C\C/C=C\CCC(=O)OCC(COCCCCCCCCCCCCCCCCCCCC)OC(=O)CCCCCCCC/C=C\C/C=C\C/C=C\C/C=C\CC. The fraction of sp³-hybridized carbons (Fsp3) is 0.672. The van der Waals surface area contributed by atoms with Crippen LogP contribution < -0.4 is 0 Å². The minimum Gasteiger partial charge on any atom is -0.462 e. The number of unbranched alkanes of at least 4 members (excludes halogenated alkanes) is 23. The van der Waals surface area contributed by atoms with Gasteiger partial charge in [-0.25, -0.2) is 0 Å². The average molecular weight is 998 g/mol. The molecule has 0 aromatic rings. The third-order valence-electron chi connectivity index (χ3n) is 12.5. The second-order valence-electron chi connectivity index (χ2n) is 19.5. The Hall–Kier alpha value is -3.70. The maximum absolute atomic E-state index is 12.9. The molecule has 0 amide bonds. The quantitative estimate of drug-likeness (QED) is 0.0345. The lowest BCUT2D eigenvalue weighted by Gasteiger charge is -2.18. The van der Waals surface area contributed by atoms with E-state index >= 15 is 0 Å². The van der Waals surface area contributed by atoms with E-state index in [0.29, 0.717) is 25.9 Å². The minimum atomic E-state index is -0.582. The van der Waals surface area contributed by atoms with Crippen LogP contribution in [0, 0.1) is 0 Å². The van der Waals surface area contributed by atoms with E-state index < -0.39 is 6.10 Å². The molecule has 0 bridgehead atoms. The van der Waals surface area contributed by atoms with Crippen LogP contribution in [0.2, 0.25) is 0 Å². The standard InChI is InChI=1S/C67H112O5/c1-4-7-10-13-16-19-22-25-28-31-34-36-39-42-45-48-51-54-57-60-66(68)71-64-65(63-70-62-59-56-53-50-47-44-41-38-33-30-27-24-21-18-15-12-9-6-3)72-67(69)61-58-55-52-49-46-43-40-37-35-32-29-26-23-20-17-14-11-8-5-2/h7-8,10-11,16-17,19-20,25-26,28-29,34-37,42,45,51,54,65H,4-6,9,12-15,18,21-24,27,30-33,38-41,43-44,46-50,52-53,55-64H2,1-3H3/b10-7-,11-8-,19-16-,20-17-,28-25-,29-26-,36-34-,37-35-,45-42-,54-51-. The first-order valence-corrected chi connectivity index (χ1v) is 30.1. The summed E-state index contributed by atoms with van der Waals surface area (Å²) in [5, 5.41) is 0. The lowest BCUT2D eigenvalue weighted by atomic mass is 10.0. The first kappa shape index (κ1) is 68.3. The Balaban J connectivity index is 4.42. The van der Waals surface area contributed by atoms with Crippen molar-refractivity contribution in [3.8, 4) is 0 Å². The number of hydrogen-bond donors (Lipinski definition) is 0. The number of rotatable bonds is 54. The molecule has 0 N–H and O–H groups in total. The summed E-state index contributed by atoms with van der Waals surface area (Å²) < 4.78 is 17.4. The van der Waals surface area contributed by atoms with E-state index in [1.54, 1.807) is 0 Å². The van der Waals surface area contributed by atoms with E-state index in [2.05, 4.69) is 136 Å². The van der Waals surface area contributed by atoms with Crippen LogP contribution in [0.5, 0.6) is 0 Å². The van der Waals surface area contributed by atoms with Crippen molar-refractivity contribution in [2.24, 2.45) is 0 Å². The van der Waals surface area contributed by atoms with Crippen molar-refractivity contribution in [2.75, 3.05) is 19.8 Å². The molecule has 0 fully saturated rings. The normalized spacial score (nSPS) is 13.1. The summed E-state index contributed by atoms with van der Waals surface area (Å²) in [7, 11) is 0. The van der Waals surface area contributed by atoms with Gasteiger partial charge in [-0.15, -0.1) is 0 Å². The van der Waals surface area contributed by atoms with Gasteiger partial charge in [0.05, 0.1) is 6.61 Å². The maximum atomic E-state index is 12.9. The molecule has 0 heterocycles. The van der Waals surface area contributed by atoms with Crippen molar-refractivity contribution in [2.45, 2.75) is 271 Å². The fourth-order valence-electron chi connectivity index (χ4n) is 8.12. The van der Waals surface area contributed by atoms with Gasteiger partial charge in [-0.2, -0.15) is 0 Å². The number of carbonyl (C=O) groups excluding carboxylic acids is 2. The van der Waals surface area contributed by atoms with E-state index in [1.165, 1.54) is 122 Å². The van der Waals surface area contributed by atoms with Crippen molar-refractivity contribution in [1.82, 2.24) is 0 Å². The van der Waals surface area contributed by atoms with Crippen LogP contribution in [0.1, 0.15) is 265 Å². The second-order valence-corrected chi connectivity index (χ2v) is 19.5. The Labute approximate surface area is 446 Å². The van der Waals surface area contributed by atoms with Crippen LogP contribution in [0.25, 0.3) is 0 Å². The van der Waals surface area contributed by atoms with Gasteiger partial charge in [-0.3, -0.25) is 9.59 Å². The molecule has 0 aliphatic carbocycles. The molecule has 5 heteroatoms. The molecule has 0 aromatic carbocycles. The molecule has 410 valence electrons. The Kier molecular flexibility index (Phi) is 58.4. The minimum absolute atomic E-state index is 0.0344. The molecular weight excluding hydrogens is 885 g/mol. The van der Waals surface area contributed by atoms with Crippen LogP contribution in [0.15, 0.2) is 122 Å². The molecule has 0 spiro atoms. The van der Waals surface area contributed by atoms with Crippen LogP contribution in [-0.2, 0) is 23.8 Å². The Morgan fingerprint density at radius 2 is 0.653 bits per heavy atom. The van der Waals surface area contributed by atoms with Crippen molar-refractivity contribution in [3.63, 3.8) is 0 Å². The number of allylic oxidation sites excluding steroid dienone is 20. The van der Waals surface area contributed by atoms with E-state index in [0.717, 1.165) is 103 Å². The van der Waals surface area contributed by atoms with E-state index in [-0.39, 0.29) is 25.2 Å². The first-order valence-electron chi connectivity index (χ1n) is 30.1. The highest BCUT2D eigenvalue weighted by Gasteiger charge is 2.17. The topological polar surface area (TPSA) is 61.8 Å². The molecular formula is C67H112O5. The smallest absolute Gasteiger partial charge is 0.306 e. The molecule has 5 nitrogen and oxygen atoms in total. The second kappa shape index (κ2) is 61.6. The van der Waals surface area contributed by atoms with Gasteiger partial charge in [0.25, 0.3) is 0 Å². The summed E-state index contributed by atoms with van der Waals surface area (Å²) in [5.41, 5.74) is 0. The van der Waals surface area contributed by atoms with Gasteiger partial charge in [0.1, 0.15) is 6.61 Å². The Morgan fingerprint density at radius 3 is 1.06 bits per heavy atom. The molecule has 1 atom stereocenters. The largest absolute Gasteiger partial charge is 0.462 e. The highest BCUT2D eigenvalue weighted by Crippen LogP contribution is 2.15. The molecule has 0 saturated heterocycles. The van der Waals surface area contributed by atoms with Crippen molar-refractivity contribution in [1.29, 1.82) is 0 Å². The number of carbonyl (C=O) groups is 2. The summed E-state index contributed by atoms with van der Waals surface area (Å²) in [6.07, 6.45) is 86.7. The lowest BCUT2D eigenvalue weighted by Crippen LogP contribution is -2.30. The first-order chi connectivity index (χ1) is 35.6. The zero-order valence-corrected chi connectivity index (χ0v) is 47.2. The summed E-state index contributed by atoms with van der Waals surface area (Å²) in [4.78, 5) is 25.5. The highest BCUT2D eigenvalue weighted by atomic mass is 16.6. The molecule has 1 unspecified atom stereocenters. The zero-order valence-electron chi connectivity index (χ0n) is 47.2. The average Bonchev–Trinajstić information content (AvgIpc) is 3.38. The van der Waals surface area contributed by atoms with Crippen molar-refractivity contribution >= 4 is 11.9 Å². The Bertz CT molecular complexity index is 1450. The molecule has 0 rings (SSSR count). The monoisotopic (exact) mass is 997 g/mol. The van der Waals surface area contributed by atoms with Gasteiger partial charge in [0, 0.05) is 19.4 Å². The van der Waals surface area contributed by atoms with Gasteiger partial charge in [0.15, 0.2) is 6.10 Å². The number of hydrogen-bond acceptors (Lipinski definition) is 5. The summed E-state index contributed by atoms with van der Waals surface area (Å²) in [6, 6.07) is 0. The van der Waals surface area contributed by atoms with Crippen LogP contribution in [0.4, 0.5) is 0 Å². The van der Waals surface area contributed by atoms with Crippen molar-refractivity contribution in [3.05, 3.63) is 122 Å². The highest BCUT2D eigenvalue weighted by molar-refractivity contribution is 5.70. The molecule has 72 heavy (non-hydrogen) atoms. The third kappa shape index (κ3) is 58.9. The predicted octanol–water partition coefficient (Wildman–Crippen LogP) is 20.9. The number of ether oxygens (including phenoxy) is 3. The van der Waals surface area contributed by atoms with Gasteiger partial charge in [-0.05, 0) is 96.3 Å². The van der Waals surface area contributed by atoms with Gasteiger partial charge >= 0.3 is 11.9 Å². The molecule has 0 radical (unpaired) electrons. The Morgan fingerprint density at radius 1 is 0.319 bits per heavy atom. The van der Waals surface area contributed by atoms with E-state index in [4.69, 9.17) is 14.2 Å². The maximum Gasteiger partial charge on any atom is 0.306 e. The fourth-order valence-corrected chi connectivity index (χ4v) is 8.12. The summed E-state index contributed by atoms with van der Waals surface area (Å²) >= 11 is 0. The third-order valence-corrected chi connectivity index (χ3v) is 12.5. The zero-order chi connectivity index (χ0) is 52.0. The van der Waals surface area contributed by atoms with Gasteiger partial charge < -0.3 is 14.2 Å². The van der Waals surface area contributed by atoms with Crippen molar-refractivity contribution < 1.29 is 23.8 Å². The van der Waals surface area contributed by atoms with Crippen LogP contribution in [-0.4, -0.2) is 37.9 Å². The van der Waals surface area contributed by atoms with Crippen LogP contribution in [0.3, 0.4) is 0 Å². The van der Waals surface area contributed by atoms with E-state index in [1.807, 2.05) is 6.08 Å². The molecule has 0 aliphatic rings. The molecule has 0 aliphatic heterocycles. The summed E-state index contributed by atoms with van der Waals surface area (Å²) in [6.45, 7) is 7.53. The van der Waals surface area contributed by atoms with Gasteiger partial charge in [-0.1, -0.05) is 277 Å². The predicted molar refractivity (Wildman–Crippen MR) is 316 cm³/mol. The van der Waals surface area contributed by atoms with Gasteiger partial charge in [0.2, 0.25) is 0 Å². The lowest BCUT2D eigenvalue weighted by molar-refractivity contribution is -0.162. The molecule has 0 saturated carbocycles. The molecule has 0 aromatic heterocycles. The summed E-state index contributed by atoms with van der Waals surface area (Å²) in [5.74, 6) is -0.508.